The maximum atomic E-state index is 13.0. The summed E-state index contributed by atoms with van der Waals surface area (Å²) in [5.41, 5.74) is 1.06. The zero-order valence-corrected chi connectivity index (χ0v) is 17.0. The van der Waals surface area contributed by atoms with Crippen molar-refractivity contribution in [2.24, 2.45) is 5.92 Å². The number of hydrogen-bond donors (Lipinski definition) is 2. The number of benzene rings is 1. The maximum absolute atomic E-state index is 13.0. The molecule has 7 nitrogen and oxygen atoms in total. The number of urea groups is 1. The van der Waals surface area contributed by atoms with Crippen LogP contribution in [0.2, 0.25) is 0 Å². The van der Waals surface area contributed by atoms with Crippen molar-refractivity contribution in [2.45, 2.75) is 58.0 Å². The first-order valence-corrected chi connectivity index (χ1v) is 9.86. The van der Waals surface area contributed by atoms with Crippen LogP contribution in [0, 0.1) is 12.8 Å². The SMILES string of the molecule is COc1ccc(C)cc1C(C)NC(=O)CN1C(=O)NC2(CCCCC2C)C1=O. The molecule has 3 atom stereocenters. The molecule has 7 heteroatoms. The molecule has 4 amide bonds. The first-order valence-electron chi connectivity index (χ1n) is 9.86. The van der Waals surface area contributed by atoms with E-state index in [-0.39, 0.29) is 30.3 Å². The van der Waals surface area contributed by atoms with Crippen molar-refractivity contribution >= 4 is 17.8 Å². The van der Waals surface area contributed by atoms with E-state index in [0.29, 0.717) is 12.2 Å². The van der Waals surface area contributed by atoms with E-state index < -0.39 is 11.6 Å². The third kappa shape index (κ3) is 3.57. The van der Waals surface area contributed by atoms with Gasteiger partial charge in [0.1, 0.15) is 17.8 Å². The quantitative estimate of drug-likeness (QED) is 0.761. The van der Waals surface area contributed by atoms with Crippen molar-refractivity contribution in [3.63, 3.8) is 0 Å². The van der Waals surface area contributed by atoms with Gasteiger partial charge in [0.25, 0.3) is 5.91 Å². The third-order valence-electron chi connectivity index (χ3n) is 6.03. The Bertz CT molecular complexity index is 794. The second-order valence-corrected chi connectivity index (χ2v) is 7.97. The van der Waals surface area contributed by atoms with Crippen molar-refractivity contribution in [2.75, 3.05) is 13.7 Å². The molecular formula is C21H29N3O4. The Kier molecular flexibility index (Phi) is 5.63. The maximum Gasteiger partial charge on any atom is 0.325 e. The van der Waals surface area contributed by atoms with Gasteiger partial charge in [-0.1, -0.05) is 37.5 Å². The Morgan fingerprint density at radius 1 is 1.39 bits per heavy atom. The highest BCUT2D eigenvalue weighted by Gasteiger charge is 2.55. The molecule has 152 valence electrons. The summed E-state index contributed by atoms with van der Waals surface area (Å²) in [5.74, 6) is 0.102. The standard InChI is InChI=1S/C21H29N3O4/c1-13-8-9-17(28-4)16(11-13)15(3)22-18(25)12-24-19(26)21(23-20(24)27)10-6-5-7-14(21)2/h8-9,11,14-15H,5-7,10,12H2,1-4H3,(H,22,25)(H,23,27). The van der Waals surface area contributed by atoms with Crippen LogP contribution >= 0.6 is 0 Å². The van der Waals surface area contributed by atoms with Gasteiger partial charge >= 0.3 is 6.03 Å². The van der Waals surface area contributed by atoms with Gasteiger partial charge in [-0.05, 0) is 38.7 Å². The molecule has 1 saturated carbocycles. The highest BCUT2D eigenvalue weighted by atomic mass is 16.5. The van der Waals surface area contributed by atoms with E-state index in [1.54, 1.807) is 7.11 Å². The molecule has 3 rings (SSSR count). The summed E-state index contributed by atoms with van der Waals surface area (Å²) in [6.07, 6.45) is 3.49. The summed E-state index contributed by atoms with van der Waals surface area (Å²) < 4.78 is 5.38. The lowest BCUT2D eigenvalue weighted by Gasteiger charge is -2.36. The van der Waals surface area contributed by atoms with Crippen LogP contribution in [0.25, 0.3) is 0 Å². The van der Waals surface area contributed by atoms with E-state index in [2.05, 4.69) is 10.6 Å². The number of amides is 4. The van der Waals surface area contributed by atoms with Crippen LogP contribution < -0.4 is 15.4 Å². The molecule has 0 radical (unpaired) electrons. The number of hydrogen-bond acceptors (Lipinski definition) is 4. The van der Waals surface area contributed by atoms with Gasteiger partial charge < -0.3 is 15.4 Å². The minimum atomic E-state index is -0.846. The van der Waals surface area contributed by atoms with Crippen molar-refractivity contribution in [3.8, 4) is 5.75 Å². The third-order valence-corrected chi connectivity index (χ3v) is 6.03. The Balaban J connectivity index is 1.69. The van der Waals surface area contributed by atoms with Gasteiger partial charge in [-0.3, -0.25) is 14.5 Å². The van der Waals surface area contributed by atoms with E-state index in [0.717, 1.165) is 35.3 Å². The Morgan fingerprint density at radius 3 is 2.82 bits per heavy atom. The number of nitrogens with one attached hydrogen (secondary N) is 2. The molecular weight excluding hydrogens is 358 g/mol. The lowest BCUT2D eigenvalue weighted by atomic mass is 9.73. The van der Waals surface area contributed by atoms with E-state index in [1.807, 2.05) is 39.0 Å². The zero-order chi connectivity index (χ0) is 20.5. The first-order chi connectivity index (χ1) is 13.3. The fourth-order valence-corrected chi connectivity index (χ4v) is 4.34. The Hall–Kier alpha value is -2.57. The van der Waals surface area contributed by atoms with Gasteiger partial charge in [0.15, 0.2) is 0 Å². The van der Waals surface area contributed by atoms with Gasteiger partial charge in [0.05, 0.1) is 13.2 Å². The van der Waals surface area contributed by atoms with Crippen molar-refractivity contribution in [1.82, 2.24) is 15.5 Å². The highest BCUT2D eigenvalue weighted by molar-refractivity contribution is 6.09. The van der Waals surface area contributed by atoms with Gasteiger partial charge in [-0.15, -0.1) is 0 Å². The first kappa shape index (κ1) is 20.2. The number of rotatable bonds is 5. The molecule has 0 aromatic heterocycles. The molecule has 2 aliphatic rings. The van der Waals surface area contributed by atoms with Gasteiger partial charge in [-0.2, -0.15) is 0 Å². The number of aryl methyl sites for hydroxylation is 1. The van der Waals surface area contributed by atoms with Crippen molar-refractivity contribution in [1.29, 1.82) is 0 Å². The molecule has 3 unspecified atom stereocenters. The predicted octanol–water partition coefficient (Wildman–Crippen LogP) is 2.68. The summed E-state index contributed by atoms with van der Waals surface area (Å²) in [6.45, 7) is 5.53. The lowest BCUT2D eigenvalue weighted by Crippen LogP contribution is -2.54. The largest absolute Gasteiger partial charge is 0.496 e. The summed E-state index contributed by atoms with van der Waals surface area (Å²) >= 11 is 0. The second kappa shape index (κ2) is 7.81. The number of methoxy groups -OCH3 is 1. The summed E-state index contributed by atoms with van der Waals surface area (Å²) in [4.78, 5) is 39.1. The Labute approximate surface area is 165 Å². The van der Waals surface area contributed by atoms with Crippen LogP contribution in [0.5, 0.6) is 5.75 Å². The molecule has 1 aromatic rings. The fraction of sp³-hybridized carbons (Fsp3) is 0.571. The summed E-state index contributed by atoms with van der Waals surface area (Å²) in [6, 6.07) is 4.96. The molecule has 1 saturated heterocycles. The van der Waals surface area contributed by atoms with Crippen LogP contribution in [-0.2, 0) is 9.59 Å². The van der Waals surface area contributed by atoms with Gasteiger partial charge in [-0.25, -0.2) is 4.79 Å². The van der Waals surface area contributed by atoms with Crippen molar-refractivity contribution < 1.29 is 19.1 Å². The molecule has 2 fully saturated rings. The molecule has 1 heterocycles. The molecule has 1 aromatic carbocycles. The zero-order valence-electron chi connectivity index (χ0n) is 17.0. The minimum absolute atomic E-state index is 0.0706. The summed E-state index contributed by atoms with van der Waals surface area (Å²) in [7, 11) is 1.58. The van der Waals surface area contributed by atoms with Crippen LogP contribution in [0.4, 0.5) is 4.79 Å². The normalized spacial score (nSPS) is 25.6. The Morgan fingerprint density at radius 2 is 2.14 bits per heavy atom. The second-order valence-electron chi connectivity index (χ2n) is 7.97. The van der Waals surface area contributed by atoms with Crippen molar-refractivity contribution in [3.05, 3.63) is 29.3 Å². The van der Waals surface area contributed by atoms with E-state index in [4.69, 9.17) is 4.74 Å². The monoisotopic (exact) mass is 387 g/mol. The van der Waals surface area contributed by atoms with Crippen LogP contribution in [0.15, 0.2) is 18.2 Å². The lowest BCUT2D eigenvalue weighted by molar-refractivity contribution is -0.137. The smallest absolute Gasteiger partial charge is 0.325 e. The minimum Gasteiger partial charge on any atom is -0.496 e. The molecule has 1 aliphatic heterocycles. The highest BCUT2D eigenvalue weighted by Crippen LogP contribution is 2.38. The average Bonchev–Trinajstić information content (AvgIpc) is 2.89. The predicted molar refractivity (Wildman–Crippen MR) is 105 cm³/mol. The van der Waals surface area contributed by atoms with E-state index in [9.17, 15) is 14.4 Å². The van der Waals surface area contributed by atoms with Crippen LogP contribution in [0.3, 0.4) is 0 Å². The fourth-order valence-electron chi connectivity index (χ4n) is 4.34. The molecule has 1 aliphatic carbocycles. The topological polar surface area (TPSA) is 87.7 Å². The van der Waals surface area contributed by atoms with E-state index in [1.165, 1.54) is 0 Å². The van der Waals surface area contributed by atoms with Crippen LogP contribution in [0.1, 0.15) is 56.7 Å². The molecule has 28 heavy (non-hydrogen) atoms. The molecule has 2 N–H and O–H groups in total. The number of nitrogens with zero attached hydrogens (tertiary/aromatic N) is 1. The number of ether oxygens (including phenoxy) is 1. The molecule has 0 bridgehead atoms. The summed E-state index contributed by atoms with van der Waals surface area (Å²) in [5, 5.41) is 5.75. The average molecular weight is 387 g/mol. The number of carbonyl (C=O) groups is 3. The number of carbonyl (C=O) groups excluding carboxylic acids is 3. The van der Waals surface area contributed by atoms with Crippen LogP contribution in [-0.4, -0.2) is 41.9 Å². The van der Waals surface area contributed by atoms with Gasteiger partial charge in [0.2, 0.25) is 5.91 Å². The van der Waals surface area contributed by atoms with Gasteiger partial charge in [0, 0.05) is 5.56 Å². The molecule has 1 spiro atoms. The number of imide groups is 1. The van der Waals surface area contributed by atoms with E-state index >= 15 is 0 Å².